The van der Waals surface area contributed by atoms with Crippen LogP contribution in [0.1, 0.15) is 41.6 Å². The maximum atomic E-state index is 14.4. The number of tetrazole rings is 1. The molecule has 8 nitrogen and oxygen atoms in total. The zero-order chi connectivity index (χ0) is 24.0. The monoisotopic (exact) mass is 477 g/mol. The maximum Gasteiger partial charge on any atom is 0.173 e. The molecule has 2 atom stereocenters. The summed E-state index contributed by atoms with van der Waals surface area (Å²) in [5, 5.41) is 12.7. The van der Waals surface area contributed by atoms with Crippen molar-refractivity contribution in [1.29, 1.82) is 0 Å². The van der Waals surface area contributed by atoms with E-state index in [9.17, 15) is 4.39 Å². The van der Waals surface area contributed by atoms with Crippen LogP contribution in [0.15, 0.2) is 71.3 Å². The van der Waals surface area contributed by atoms with Crippen molar-refractivity contribution in [2.75, 3.05) is 20.3 Å². The number of hydrogen-bond donors (Lipinski definition) is 0. The van der Waals surface area contributed by atoms with Gasteiger partial charge in [-0.2, -0.15) is 0 Å². The third kappa shape index (κ3) is 5.58. The molecule has 0 aliphatic carbocycles. The number of ether oxygens (including phenoxy) is 2. The van der Waals surface area contributed by atoms with Crippen LogP contribution in [-0.4, -0.2) is 51.5 Å². The molecule has 2 aromatic heterocycles. The van der Waals surface area contributed by atoms with Crippen molar-refractivity contribution in [2.45, 2.75) is 38.1 Å². The molecule has 5 rings (SSSR count). The second kappa shape index (κ2) is 10.8. The van der Waals surface area contributed by atoms with Gasteiger partial charge in [-0.15, -0.1) is 5.10 Å². The lowest BCUT2D eigenvalue weighted by atomic mass is 10.0. The fraction of sp³-hybridized carbons (Fsp3) is 0.346. The molecule has 9 heteroatoms. The van der Waals surface area contributed by atoms with Crippen LogP contribution in [-0.2, 0) is 17.8 Å². The van der Waals surface area contributed by atoms with Crippen LogP contribution in [0, 0.1) is 5.82 Å². The molecule has 35 heavy (non-hydrogen) atoms. The van der Waals surface area contributed by atoms with Crippen molar-refractivity contribution >= 4 is 0 Å². The van der Waals surface area contributed by atoms with Crippen LogP contribution in [0.25, 0.3) is 0 Å². The molecule has 1 saturated heterocycles. The van der Waals surface area contributed by atoms with Gasteiger partial charge in [-0.1, -0.05) is 24.3 Å². The van der Waals surface area contributed by atoms with Gasteiger partial charge in [0.2, 0.25) is 0 Å². The molecule has 4 aromatic rings. The van der Waals surface area contributed by atoms with Crippen molar-refractivity contribution in [3.63, 3.8) is 0 Å². The van der Waals surface area contributed by atoms with Crippen LogP contribution < -0.4 is 4.74 Å². The Labute approximate surface area is 203 Å². The normalized spacial score (nSPS) is 16.6. The predicted octanol–water partition coefficient (Wildman–Crippen LogP) is 4.23. The van der Waals surface area contributed by atoms with Gasteiger partial charge in [0.15, 0.2) is 5.82 Å². The van der Waals surface area contributed by atoms with Crippen molar-refractivity contribution in [3.05, 3.63) is 95.5 Å². The lowest BCUT2D eigenvalue weighted by molar-refractivity contribution is 0.0547. The van der Waals surface area contributed by atoms with Crippen molar-refractivity contribution in [1.82, 2.24) is 25.1 Å². The molecule has 0 N–H and O–H groups in total. The minimum absolute atomic E-state index is 0.0759. The van der Waals surface area contributed by atoms with E-state index in [-0.39, 0.29) is 11.9 Å². The fourth-order valence-corrected chi connectivity index (χ4v) is 4.54. The van der Waals surface area contributed by atoms with Crippen molar-refractivity contribution in [2.24, 2.45) is 0 Å². The first kappa shape index (κ1) is 23.2. The van der Waals surface area contributed by atoms with Gasteiger partial charge in [0.1, 0.15) is 17.3 Å². The van der Waals surface area contributed by atoms with E-state index in [0.29, 0.717) is 25.5 Å². The van der Waals surface area contributed by atoms with Gasteiger partial charge in [-0.25, -0.2) is 9.07 Å². The Morgan fingerprint density at radius 1 is 1.17 bits per heavy atom. The average molecular weight is 478 g/mol. The van der Waals surface area contributed by atoms with Crippen LogP contribution in [0.3, 0.4) is 0 Å². The SMILES string of the molecule is COc1ccc(Cn2nnnc2[C@@H](c2cccc(F)c2)N(Cc2ccco2)C[C@H]2CCCO2)cc1. The summed E-state index contributed by atoms with van der Waals surface area (Å²) in [6.45, 7) is 2.35. The number of benzene rings is 2. The first-order valence-electron chi connectivity index (χ1n) is 11.7. The highest BCUT2D eigenvalue weighted by Crippen LogP contribution is 2.31. The predicted molar refractivity (Wildman–Crippen MR) is 126 cm³/mol. The van der Waals surface area contributed by atoms with Crippen LogP contribution in [0.2, 0.25) is 0 Å². The van der Waals surface area contributed by atoms with E-state index in [0.717, 1.165) is 42.1 Å². The topological polar surface area (TPSA) is 78.4 Å². The number of rotatable bonds is 10. The van der Waals surface area contributed by atoms with E-state index < -0.39 is 6.04 Å². The standard InChI is InChI=1S/C26H28FN5O3/c1-33-22-11-9-19(10-12-22)16-32-26(28-29-30-32)25(20-5-2-6-21(27)15-20)31(17-23-7-3-13-34-23)18-24-8-4-14-35-24/h2-3,5-7,9-13,15,24-25H,4,8,14,16-18H2,1H3/t24-,25-/m1/s1. The fourth-order valence-electron chi connectivity index (χ4n) is 4.54. The molecule has 2 aromatic carbocycles. The molecular weight excluding hydrogens is 449 g/mol. The first-order chi connectivity index (χ1) is 17.2. The molecule has 0 unspecified atom stereocenters. The smallest absolute Gasteiger partial charge is 0.173 e. The van der Waals surface area contributed by atoms with Crippen LogP contribution in [0.5, 0.6) is 5.75 Å². The molecule has 0 bridgehead atoms. The summed E-state index contributed by atoms with van der Waals surface area (Å²) < 4.78 is 33.1. The van der Waals surface area contributed by atoms with E-state index in [1.165, 1.54) is 6.07 Å². The number of nitrogens with zero attached hydrogens (tertiary/aromatic N) is 5. The first-order valence-corrected chi connectivity index (χ1v) is 11.7. The van der Waals surface area contributed by atoms with Gasteiger partial charge >= 0.3 is 0 Å². The molecule has 0 spiro atoms. The lowest BCUT2D eigenvalue weighted by Crippen LogP contribution is -2.37. The number of aromatic nitrogens is 4. The third-order valence-electron chi connectivity index (χ3n) is 6.23. The highest BCUT2D eigenvalue weighted by molar-refractivity contribution is 5.29. The Hall–Kier alpha value is -3.56. The molecule has 182 valence electrons. The molecule has 1 aliphatic heterocycles. The molecule has 0 radical (unpaired) electrons. The van der Waals surface area contributed by atoms with E-state index in [1.807, 2.05) is 42.5 Å². The van der Waals surface area contributed by atoms with Crippen LogP contribution in [0.4, 0.5) is 4.39 Å². The second-order valence-electron chi connectivity index (χ2n) is 8.64. The Bertz CT molecular complexity index is 1210. The summed E-state index contributed by atoms with van der Waals surface area (Å²) >= 11 is 0. The Kier molecular flexibility index (Phi) is 7.15. The summed E-state index contributed by atoms with van der Waals surface area (Å²) in [5.74, 6) is 1.90. The number of hydrogen-bond acceptors (Lipinski definition) is 7. The van der Waals surface area contributed by atoms with E-state index in [2.05, 4.69) is 20.4 Å². The maximum absolute atomic E-state index is 14.4. The minimum Gasteiger partial charge on any atom is -0.497 e. The van der Waals surface area contributed by atoms with Gasteiger partial charge in [0.05, 0.1) is 38.6 Å². The number of methoxy groups -OCH3 is 1. The van der Waals surface area contributed by atoms with Gasteiger partial charge in [0.25, 0.3) is 0 Å². The zero-order valence-corrected chi connectivity index (χ0v) is 19.6. The Morgan fingerprint density at radius 3 is 2.77 bits per heavy atom. The quantitative estimate of drug-likeness (QED) is 0.338. The molecule has 0 saturated carbocycles. The van der Waals surface area contributed by atoms with E-state index in [1.54, 1.807) is 30.2 Å². The molecule has 1 fully saturated rings. The van der Waals surface area contributed by atoms with E-state index in [4.69, 9.17) is 13.9 Å². The average Bonchev–Trinajstić information content (AvgIpc) is 3.65. The van der Waals surface area contributed by atoms with Gasteiger partial charge in [-0.05, 0) is 70.8 Å². The highest BCUT2D eigenvalue weighted by Gasteiger charge is 2.32. The van der Waals surface area contributed by atoms with Crippen molar-refractivity contribution in [3.8, 4) is 5.75 Å². The summed E-state index contributed by atoms with van der Waals surface area (Å²) in [7, 11) is 1.64. The largest absolute Gasteiger partial charge is 0.497 e. The third-order valence-corrected chi connectivity index (χ3v) is 6.23. The van der Waals surface area contributed by atoms with Gasteiger partial charge in [-0.3, -0.25) is 4.90 Å². The summed E-state index contributed by atoms with van der Waals surface area (Å²) in [5.41, 5.74) is 1.79. The van der Waals surface area contributed by atoms with Crippen LogP contribution >= 0.6 is 0 Å². The zero-order valence-electron chi connectivity index (χ0n) is 19.6. The minimum atomic E-state index is -0.409. The molecule has 3 heterocycles. The Morgan fingerprint density at radius 2 is 2.06 bits per heavy atom. The molecule has 1 aliphatic rings. The summed E-state index contributed by atoms with van der Waals surface area (Å²) in [6, 6.07) is 17.8. The highest BCUT2D eigenvalue weighted by atomic mass is 19.1. The summed E-state index contributed by atoms with van der Waals surface area (Å²) in [6.07, 6.45) is 3.73. The number of halogens is 1. The van der Waals surface area contributed by atoms with Gasteiger partial charge in [0, 0.05) is 13.2 Å². The van der Waals surface area contributed by atoms with Crippen molar-refractivity contribution < 1.29 is 18.3 Å². The molecule has 0 amide bonds. The second-order valence-corrected chi connectivity index (χ2v) is 8.64. The lowest BCUT2D eigenvalue weighted by Gasteiger charge is -2.32. The van der Waals surface area contributed by atoms with Gasteiger partial charge < -0.3 is 13.9 Å². The summed E-state index contributed by atoms with van der Waals surface area (Å²) in [4.78, 5) is 2.21. The van der Waals surface area contributed by atoms with E-state index >= 15 is 0 Å². The Balaban J connectivity index is 1.53. The molecular formula is C26H28FN5O3. The number of furan rings is 1.